The molecule has 0 spiro atoms. The number of para-hydroxylation sites is 1. The smallest absolute Gasteiger partial charge is 0.256 e. The fraction of sp³-hybridized carbons (Fsp3) is 0.250. The van der Waals surface area contributed by atoms with Gasteiger partial charge < -0.3 is 20.5 Å². The van der Waals surface area contributed by atoms with Crippen LogP contribution in [-0.2, 0) is 0 Å². The molecule has 3 heterocycles. The summed E-state index contributed by atoms with van der Waals surface area (Å²) < 4.78 is 29.0. The second kappa shape index (κ2) is 8.45. The Hall–Kier alpha value is -3.92. The number of aromatic amines is 1. The van der Waals surface area contributed by atoms with E-state index in [9.17, 15) is 13.6 Å². The van der Waals surface area contributed by atoms with Gasteiger partial charge in [-0.15, -0.1) is 0 Å². The van der Waals surface area contributed by atoms with E-state index in [0.717, 1.165) is 6.42 Å². The number of H-pyrrole nitrogens is 1. The first-order valence-corrected chi connectivity index (χ1v) is 10.8. The number of nitrogen functional groups attached to an aromatic ring is 1. The molecule has 0 radical (unpaired) electrons. The van der Waals surface area contributed by atoms with Crippen LogP contribution in [0.1, 0.15) is 16.8 Å². The molecule has 2 aromatic heterocycles. The van der Waals surface area contributed by atoms with E-state index in [1.54, 1.807) is 23.1 Å². The predicted molar refractivity (Wildman–Crippen MR) is 125 cm³/mol. The van der Waals surface area contributed by atoms with E-state index in [4.69, 9.17) is 5.73 Å². The lowest BCUT2D eigenvalue weighted by atomic mass is 10.1. The summed E-state index contributed by atoms with van der Waals surface area (Å²) in [6, 6.07) is 9.18. The van der Waals surface area contributed by atoms with E-state index in [2.05, 4.69) is 24.8 Å². The molecule has 174 valence electrons. The highest BCUT2D eigenvalue weighted by Gasteiger charge is 2.29. The normalized spacial score (nSPS) is 16.0. The van der Waals surface area contributed by atoms with Crippen molar-refractivity contribution in [2.75, 3.05) is 32.9 Å². The monoisotopic (exact) mass is 463 g/mol. The average molecular weight is 463 g/mol. The second-order valence-corrected chi connectivity index (χ2v) is 8.56. The molecule has 2 aromatic carbocycles. The molecule has 10 heteroatoms. The maximum Gasteiger partial charge on any atom is 0.256 e. The fourth-order valence-corrected chi connectivity index (χ4v) is 4.19. The van der Waals surface area contributed by atoms with Crippen molar-refractivity contribution in [3.05, 3.63) is 59.8 Å². The van der Waals surface area contributed by atoms with Gasteiger partial charge in [0.2, 0.25) is 0 Å². The summed E-state index contributed by atoms with van der Waals surface area (Å²) in [5.41, 5.74) is 7.67. The molecule has 1 amide bonds. The number of halogens is 2. The molecule has 1 aliphatic heterocycles. The third kappa shape index (κ3) is 3.86. The van der Waals surface area contributed by atoms with Crippen LogP contribution in [0.3, 0.4) is 0 Å². The number of anilines is 1. The number of carbonyl (C=O) groups excluding carboxylic acids is 1. The maximum absolute atomic E-state index is 15.0. The zero-order chi connectivity index (χ0) is 24.0. The summed E-state index contributed by atoms with van der Waals surface area (Å²) in [5, 5.41) is 0. The van der Waals surface area contributed by atoms with Gasteiger partial charge in [0.25, 0.3) is 5.91 Å². The minimum atomic E-state index is -0.637. The minimum absolute atomic E-state index is 0.0135. The number of carbonyl (C=O) groups is 1. The molecule has 0 unspecified atom stereocenters. The van der Waals surface area contributed by atoms with Gasteiger partial charge in [-0.3, -0.25) is 4.79 Å². The molecule has 0 bridgehead atoms. The third-order valence-electron chi connectivity index (χ3n) is 6.16. The standard InChI is InChI=1S/C24H23F2N7O/c1-32(2)14-8-9-33(12-14)24(34)15-7-6-13(10-17(15)26)19-11-28-22(27)21(29-19)23-30-18-5-3-4-16(25)20(18)31-23/h3-7,10-11,14H,8-9,12H2,1-2H3,(H2,27,28)(H,30,31)/t14-/m0/s1. The SMILES string of the molecule is CN(C)[C@H]1CCN(C(=O)c2ccc(-c3cnc(N)c(-c4nc5c(F)cccc5[nH]4)n3)cc2F)C1. The van der Waals surface area contributed by atoms with Gasteiger partial charge in [0.15, 0.2) is 17.5 Å². The molecule has 1 aliphatic rings. The van der Waals surface area contributed by atoms with Crippen molar-refractivity contribution >= 4 is 22.8 Å². The Kier molecular flexibility index (Phi) is 5.45. The van der Waals surface area contributed by atoms with Crippen LogP contribution in [0.2, 0.25) is 0 Å². The fourth-order valence-electron chi connectivity index (χ4n) is 4.19. The molecule has 3 N–H and O–H groups in total. The van der Waals surface area contributed by atoms with Crippen LogP contribution in [0.25, 0.3) is 33.8 Å². The number of rotatable bonds is 4. The van der Waals surface area contributed by atoms with Gasteiger partial charge in [0, 0.05) is 24.7 Å². The highest BCUT2D eigenvalue weighted by atomic mass is 19.1. The number of amides is 1. The number of nitrogens with two attached hydrogens (primary N) is 1. The van der Waals surface area contributed by atoms with Gasteiger partial charge in [-0.1, -0.05) is 12.1 Å². The van der Waals surface area contributed by atoms with Crippen LogP contribution >= 0.6 is 0 Å². The lowest BCUT2D eigenvalue weighted by molar-refractivity contribution is 0.0778. The van der Waals surface area contributed by atoms with E-state index in [-0.39, 0.29) is 40.4 Å². The molecule has 34 heavy (non-hydrogen) atoms. The maximum atomic E-state index is 15.0. The molecular formula is C24H23F2N7O. The van der Waals surface area contributed by atoms with Crippen molar-refractivity contribution in [3.8, 4) is 22.8 Å². The summed E-state index contributed by atoms with van der Waals surface area (Å²) in [4.78, 5) is 32.5. The lowest BCUT2D eigenvalue weighted by Crippen LogP contribution is -2.34. The van der Waals surface area contributed by atoms with Crippen molar-refractivity contribution in [1.29, 1.82) is 0 Å². The van der Waals surface area contributed by atoms with Gasteiger partial charge in [0.1, 0.15) is 17.0 Å². The summed E-state index contributed by atoms with van der Waals surface area (Å²) in [6.45, 7) is 1.16. The molecule has 1 saturated heterocycles. The summed E-state index contributed by atoms with van der Waals surface area (Å²) in [5.74, 6) is -1.09. The summed E-state index contributed by atoms with van der Waals surface area (Å²) in [6.07, 6.45) is 2.27. The largest absolute Gasteiger partial charge is 0.382 e. The van der Waals surface area contributed by atoms with E-state index in [0.29, 0.717) is 29.9 Å². The number of nitrogens with one attached hydrogen (secondary N) is 1. The van der Waals surface area contributed by atoms with Crippen molar-refractivity contribution < 1.29 is 13.6 Å². The molecule has 5 rings (SSSR count). The van der Waals surface area contributed by atoms with Gasteiger partial charge in [-0.25, -0.2) is 23.7 Å². The van der Waals surface area contributed by atoms with Crippen LogP contribution in [0.15, 0.2) is 42.6 Å². The highest BCUT2D eigenvalue weighted by molar-refractivity contribution is 5.95. The van der Waals surface area contributed by atoms with E-state index in [1.807, 2.05) is 14.1 Å². The van der Waals surface area contributed by atoms with Gasteiger partial charge >= 0.3 is 0 Å². The Bertz CT molecular complexity index is 1400. The molecule has 4 aromatic rings. The Morgan fingerprint density at radius 2 is 2.00 bits per heavy atom. The zero-order valence-corrected chi connectivity index (χ0v) is 18.7. The van der Waals surface area contributed by atoms with Crippen LogP contribution < -0.4 is 5.73 Å². The topological polar surface area (TPSA) is 104 Å². The Labute approximate surface area is 194 Å². The van der Waals surface area contributed by atoms with Gasteiger partial charge in [-0.05, 0) is 44.8 Å². The summed E-state index contributed by atoms with van der Waals surface area (Å²) >= 11 is 0. The number of fused-ring (bicyclic) bond motifs is 1. The minimum Gasteiger partial charge on any atom is -0.382 e. The number of hydrogen-bond donors (Lipinski definition) is 2. The first kappa shape index (κ1) is 21.9. The number of likely N-dealkylation sites (tertiary alicyclic amines) is 1. The Morgan fingerprint density at radius 1 is 1.18 bits per heavy atom. The van der Waals surface area contributed by atoms with E-state index < -0.39 is 11.6 Å². The van der Waals surface area contributed by atoms with Crippen LogP contribution in [-0.4, -0.2) is 68.9 Å². The van der Waals surface area contributed by atoms with E-state index in [1.165, 1.54) is 24.4 Å². The predicted octanol–water partition coefficient (Wildman–Crippen LogP) is 3.32. The number of benzene rings is 2. The van der Waals surface area contributed by atoms with Crippen molar-refractivity contribution in [2.24, 2.45) is 0 Å². The second-order valence-electron chi connectivity index (χ2n) is 8.56. The van der Waals surface area contributed by atoms with E-state index >= 15 is 0 Å². The first-order valence-electron chi connectivity index (χ1n) is 10.8. The first-order chi connectivity index (χ1) is 16.3. The van der Waals surface area contributed by atoms with Gasteiger partial charge in [0.05, 0.1) is 23.0 Å². The molecule has 1 fully saturated rings. The van der Waals surface area contributed by atoms with Crippen molar-refractivity contribution in [1.82, 2.24) is 29.7 Å². The number of aromatic nitrogens is 4. The molecule has 0 aliphatic carbocycles. The molecule has 8 nitrogen and oxygen atoms in total. The lowest BCUT2D eigenvalue weighted by Gasteiger charge is -2.20. The Balaban J connectivity index is 1.45. The molecular weight excluding hydrogens is 440 g/mol. The number of hydrogen-bond acceptors (Lipinski definition) is 6. The third-order valence-corrected chi connectivity index (χ3v) is 6.16. The highest BCUT2D eigenvalue weighted by Crippen LogP contribution is 2.28. The van der Waals surface area contributed by atoms with Crippen molar-refractivity contribution in [2.45, 2.75) is 12.5 Å². The average Bonchev–Trinajstić information content (AvgIpc) is 3.47. The number of likely N-dealkylation sites (N-methyl/N-ethyl adjacent to an activating group) is 1. The number of imidazole rings is 1. The molecule has 1 atom stereocenters. The van der Waals surface area contributed by atoms with Crippen molar-refractivity contribution in [3.63, 3.8) is 0 Å². The number of nitrogens with zero attached hydrogens (tertiary/aromatic N) is 5. The Morgan fingerprint density at radius 3 is 2.71 bits per heavy atom. The van der Waals surface area contributed by atoms with Crippen LogP contribution in [0.5, 0.6) is 0 Å². The quantitative estimate of drug-likeness (QED) is 0.481. The van der Waals surface area contributed by atoms with Gasteiger partial charge in [-0.2, -0.15) is 0 Å². The van der Waals surface area contributed by atoms with Crippen LogP contribution in [0.4, 0.5) is 14.6 Å². The zero-order valence-electron chi connectivity index (χ0n) is 18.7. The molecule has 0 saturated carbocycles. The summed E-state index contributed by atoms with van der Waals surface area (Å²) in [7, 11) is 3.94. The van der Waals surface area contributed by atoms with Crippen LogP contribution in [0, 0.1) is 11.6 Å².